The topological polar surface area (TPSA) is 65.5 Å². The SMILES string of the molecule is CCNc1ncc(F)cc1C(=O)N1CC2CCC(O)C2C1. The Balaban J connectivity index is 1.81. The first-order valence-corrected chi connectivity index (χ1v) is 7.47. The van der Waals surface area contributed by atoms with Crippen LogP contribution in [-0.2, 0) is 0 Å². The van der Waals surface area contributed by atoms with E-state index in [2.05, 4.69) is 10.3 Å². The first-order chi connectivity index (χ1) is 10.1. The van der Waals surface area contributed by atoms with E-state index in [0.29, 0.717) is 31.4 Å². The summed E-state index contributed by atoms with van der Waals surface area (Å²) in [6.07, 6.45) is 2.57. The third kappa shape index (κ3) is 2.60. The monoisotopic (exact) mass is 293 g/mol. The van der Waals surface area contributed by atoms with Crippen molar-refractivity contribution in [2.75, 3.05) is 25.0 Å². The molecule has 2 heterocycles. The van der Waals surface area contributed by atoms with Crippen LogP contribution in [0.15, 0.2) is 12.3 Å². The zero-order chi connectivity index (χ0) is 15.0. The number of hydrogen-bond acceptors (Lipinski definition) is 4. The van der Waals surface area contributed by atoms with Crippen LogP contribution in [0.1, 0.15) is 30.1 Å². The summed E-state index contributed by atoms with van der Waals surface area (Å²) in [6, 6.07) is 1.23. The Morgan fingerprint density at radius 1 is 1.52 bits per heavy atom. The minimum atomic E-state index is -0.514. The average molecular weight is 293 g/mol. The predicted octanol–water partition coefficient (Wildman–Crippen LogP) is 1.50. The van der Waals surface area contributed by atoms with Crippen LogP contribution in [0.3, 0.4) is 0 Å². The molecule has 3 atom stereocenters. The normalized spacial score (nSPS) is 27.8. The molecule has 114 valence electrons. The lowest BCUT2D eigenvalue weighted by Gasteiger charge is -2.20. The zero-order valence-corrected chi connectivity index (χ0v) is 12.1. The highest BCUT2D eigenvalue weighted by Crippen LogP contribution is 2.38. The molecule has 21 heavy (non-hydrogen) atoms. The van der Waals surface area contributed by atoms with Gasteiger partial charge in [0.15, 0.2) is 0 Å². The van der Waals surface area contributed by atoms with Crippen molar-refractivity contribution in [2.45, 2.75) is 25.9 Å². The van der Waals surface area contributed by atoms with Gasteiger partial charge < -0.3 is 15.3 Å². The van der Waals surface area contributed by atoms with Gasteiger partial charge in [-0.05, 0) is 31.7 Å². The summed E-state index contributed by atoms with van der Waals surface area (Å²) in [4.78, 5) is 18.3. The average Bonchev–Trinajstić information content (AvgIpc) is 3.03. The lowest BCUT2D eigenvalue weighted by atomic mass is 10.00. The van der Waals surface area contributed by atoms with Gasteiger partial charge >= 0.3 is 0 Å². The third-order valence-electron chi connectivity index (χ3n) is 4.54. The van der Waals surface area contributed by atoms with Crippen LogP contribution in [0.2, 0.25) is 0 Å². The molecule has 1 aliphatic heterocycles. The molecule has 2 fully saturated rings. The molecule has 3 rings (SSSR count). The molecule has 0 spiro atoms. The van der Waals surface area contributed by atoms with Gasteiger partial charge in [0.1, 0.15) is 11.6 Å². The number of carbonyl (C=O) groups excluding carboxylic acids is 1. The fourth-order valence-corrected chi connectivity index (χ4v) is 3.48. The fraction of sp³-hybridized carbons (Fsp3) is 0.600. The Hall–Kier alpha value is -1.69. The van der Waals surface area contributed by atoms with Gasteiger partial charge in [-0.3, -0.25) is 4.79 Å². The van der Waals surface area contributed by atoms with E-state index >= 15 is 0 Å². The molecule has 0 radical (unpaired) electrons. The van der Waals surface area contributed by atoms with Gasteiger partial charge in [-0.2, -0.15) is 0 Å². The maximum atomic E-state index is 13.4. The van der Waals surface area contributed by atoms with E-state index in [0.717, 1.165) is 19.0 Å². The van der Waals surface area contributed by atoms with E-state index in [4.69, 9.17) is 0 Å². The molecule has 0 aromatic carbocycles. The second-order valence-corrected chi connectivity index (χ2v) is 5.86. The highest BCUT2D eigenvalue weighted by atomic mass is 19.1. The van der Waals surface area contributed by atoms with Gasteiger partial charge in [-0.25, -0.2) is 9.37 Å². The van der Waals surface area contributed by atoms with Gasteiger partial charge in [0.2, 0.25) is 0 Å². The highest BCUT2D eigenvalue weighted by molar-refractivity contribution is 5.98. The maximum absolute atomic E-state index is 13.4. The molecule has 5 nitrogen and oxygen atoms in total. The summed E-state index contributed by atoms with van der Waals surface area (Å²) in [6.45, 7) is 3.70. The standard InChI is InChI=1S/C15H20FN3O2/c1-2-17-14-11(5-10(16)6-18-14)15(21)19-7-9-3-4-13(20)12(9)8-19/h5-6,9,12-13,20H,2-4,7-8H2,1H3,(H,17,18). The van der Waals surface area contributed by atoms with E-state index in [9.17, 15) is 14.3 Å². The van der Waals surface area contributed by atoms with Gasteiger partial charge in [0, 0.05) is 25.6 Å². The van der Waals surface area contributed by atoms with Crippen molar-refractivity contribution < 1.29 is 14.3 Å². The third-order valence-corrected chi connectivity index (χ3v) is 4.54. The lowest BCUT2D eigenvalue weighted by Crippen LogP contribution is -2.31. The number of aliphatic hydroxyl groups is 1. The number of amides is 1. The van der Waals surface area contributed by atoms with Crippen molar-refractivity contribution in [2.24, 2.45) is 11.8 Å². The molecule has 0 bridgehead atoms. The molecule has 3 unspecified atom stereocenters. The van der Waals surface area contributed by atoms with E-state index in [-0.39, 0.29) is 23.5 Å². The first-order valence-electron chi connectivity index (χ1n) is 7.47. The predicted molar refractivity (Wildman–Crippen MR) is 76.5 cm³/mol. The van der Waals surface area contributed by atoms with E-state index in [1.807, 2.05) is 6.92 Å². The van der Waals surface area contributed by atoms with Crippen LogP contribution in [0.4, 0.5) is 10.2 Å². The molecule has 2 N–H and O–H groups in total. The summed E-state index contributed by atoms with van der Waals surface area (Å²) in [5.41, 5.74) is 0.270. The molecule has 2 aliphatic rings. The fourth-order valence-electron chi connectivity index (χ4n) is 3.48. The largest absolute Gasteiger partial charge is 0.393 e. The van der Waals surface area contributed by atoms with Gasteiger partial charge in [-0.15, -0.1) is 0 Å². The number of carbonyl (C=O) groups is 1. The molecule has 1 aromatic rings. The van der Waals surface area contributed by atoms with Crippen LogP contribution in [-0.4, -0.2) is 46.6 Å². The number of hydrogen-bond donors (Lipinski definition) is 2. The molecule has 1 saturated carbocycles. The second kappa shape index (κ2) is 5.60. The Bertz CT molecular complexity index is 552. The first kappa shape index (κ1) is 14.3. The van der Waals surface area contributed by atoms with Crippen LogP contribution >= 0.6 is 0 Å². The number of likely N-dealkylation sites (tertiary alicyclic amines) is 1. The van der Waals surface area contributed by atoms with Crippen molar-refractivity contribution in [3.63, 3.8) is 0 Å². The van der Waals surface area contributed by atoms with Crippen LogP contribution in [0.5, 0.6) is 0 Å². The zero-order valence-electron chi connectivity index (χ0n) is 12.1. The molecule has 1 aromatic heterocycles. The molecule has 1 amide bonds. The van der Waals surface area contributed by atoms with Crippen molar-refractivity contribution in [1.29, 1.82) is 0 Å². The Morgan fingerprint density at radius 3 is 3.05 bits per heavy atom. The summed E-state index contributed by atoms with van der Waals surface area (Å²) >= 11 is 0. The van der Waals surface area contributed by atoms with Crippen LogP contribution in [0.25, 0.3) is 0 Å². The minimum Gasteiger partial charge on any atom is -0.393 e. The number of aliphatic hydroxyl groups excluding tert-OH is 1. The smallest absolute Gasteiger partial charge is 0.257 e. The van der Waals surface area contributed by atoms with E-state index < -0.39 is 5.82 Å². The molecule has 1 saturated heterocycles. The van der Waals surface area contributed by atoms with Crippen molar-refractivity contribution in [1.82, 2.24) is 9.88 Å². The maximum Gasteiger partial charge on any atom is 0.257 e. The van der Waals surface area contributed by atoms with E-state index in [1.165, 1.54) is 6.07 Å². The van der Waals surface area contributed by atoms with Gasteiger partial charge in [0.25, 0.3) is 5.91 Å². The number of nitrogens with one attached hydrogen (secondary N) is 1. The van der Waals surface area contributed by atoms with Crippen molar-refractivity contribution in [3.8, 4) is 0 Å². The number of anilines is 1. The summed E-state index contributed by atoms with van der Waals surface area (Å²) in [5.74, 6) is 0.228. The number of halogens is 1. The summed E-state index contributed by atoms with van der Waals surface area (Å²) in [7, 11) is 0. The van der Waals surface area contributed by atoms with Gasteiger partial charge in [0.05, 0.1) is 17.9 Å². The number of aromatic nitrogens is 1. The molecule has 6 heteroatoms. The molecule has 1 aliphatic carbocycles. The number of nitrogens with zero attached hydrogens (tertiary/aromatic N) is 2. The van der Waals surface area contributed by atoms with Crippen molar-refractivity contribution in [3.05, 3.63) is 23.6 Å². The Kier molecular flexibility index (Phi) is 3.80. The Labute approximate surface area is 123 Å². The van der Waals surface area contributed by atoms with Crippen LogP contribution in [0, 0.1) is 17.7 Å². The lowest BCUT2D eigenvalue weighted by molar-refractivity contribution is 0.0752. The highest BCUT2D eigenvalue weighted by Gasteiger charge is 2.43. The quantitative estimate of drug-likeness (QED) is 0.886. The number of fused-ring (bicyclic) bond motifs is 1. The summed E-state index contributed by atoms with van der Waals surface area (Å²) in [5, 5.41) is 12.9. The van der Waals surface area contributed by atoms with Crippen LogP contribution < -0.4 is 5.32 Å². The number of pyridine rings is 1. The molecular formula is C15H20FN3O2. The van der Waals surface area contributed by atoms with E-state index in [1.54, 1.807) is 4.90 Å². The number of rotatable bonds is 3. The second-order valence-electron chi connectivity index (χ2n) is 5.86. The summed E-state index contributed by atoms with van der Waals surface area (Å²) < 4.78 is 13.4. The molecular weight excluding hydrogens is 273 g/mol. The van der Waals surface area contributed by atoms with Gasteiger partial charge in [-0.1, -0.05) is 0 Å². The minimum absolute atomic E-state index is 0.165. The Morgan fingerprint density at radius 2 is 2.33 bits per heavy atom. The van der Waals surface area contributed by atoms with Crippen molar-refractivity contribution >= 4 is 11.7 Å².